The number of hydrogen-bond donors (Lipinski definition) is 0. The van der Waals surface area contributed by atoms with E-state index in [1.807, 2.05) is 84.9 Å². The number of carbonyl (C=O) groups is 2. The molecule has 0 radical (unpaired) electrons. The summed E-state index contributed by atoms with van der Waals surface area (Å²) < 4.78 is 18.2. The summed E-state index contributed by atoms with van der Waals surface area (Å²) in [6, 6.07) is 27.1. The number of rotatable bonds is 6. The molecule has 3 aromatic carbocycles. The summed E-state index contributed by atoms with van der Waals surface area (Å²) in [5, 5.41) is 0. The molecule has 0 N–H and O–H groups in total. The number of ether oxygens (including phenoxy) is 3. The van der Waals surface area contributed by atoms with E-state index in [9.17, 15) is 9.59 Å². The van der Waals surface area contributed by atoms with Crippen molar-refractivity contribution in [2.24, 2.45) is 11.8 Å². The van der Waals surface area contributed by atoms with E-state index < -0.39 is 35.0 Å². The van der Waals surface area contributed by atoms with Crippen LogP contribution in [0.2, 0.25) is 0 Å². The molecular formula is C28H26O5. The Hall–Kier alpha value is -3.44. The van der Waals surface area contributed by atoms with Gasteiger partial charge in [0.2, 0.25) is 0 Å². The van der Waals surface area contributed by atoms with Gasteiger partial charge in [-0.05, 0) is 36.1 Å². The molecule has 0 aliphatic carbocycles. The average molecular weight is 443 g/mol. The molecule has 2 aliphatic heterocycles. The quantitative estimate of drug-likeness (QED) is 0.523. The summed E-state index contributed by atoms with van der Waals surface area (Å²) in [6.07, 6.45) is 0. The summed E-state index contributed by atoms with van der Waals surface area (Å²) in [5.41, 5.74) is 0.993. The smallest absolute Gasteiger partial charge is 0.313 e. The van der Waals surface area contributed by atoms with E-state index in [-0.39, 0.29) is 13.2 Å². The van der Waals surface area contributed by atoms with Gasteiger partial charge in [-0.3, -0.25) is 9.59 Å². The molecule has 0 spiro atoms. The van der Waals surface area contributed by atoms with Crippen LogP contribution in [0.1, 0.15) is 36.1 Å². The Bertz CT molecular complexity index is 1080. The molecule has 2 aliphatic rings. The zero-order valence-electron chi connectivity index (χ0n) is 18.7. The van der Waals surface area contributed by atoms with E-state index in [4.69, 9.17) is 14.2 Å². The van der Waals surface area contributed by atoms with Crippen molar-refractivity contribution in [2.75, 3.05) is 13.2 Å². The van der Waals surface area contributed by atoms with Crippen molar-refractivity contribution in [1.29, 1.82) is 0 Å². The number of benzene rings is 3. The van der Waals surface area contributed by atoms with Crippen molar-refractivity contribution in [1.82, 2.24) is 0 Å². The van der Waals surface area contributed by atoms with E-state index >= 15 is 0 Å². The Morgan fingerprint density at radius 3 is 1.39 bits per heavy atom. The molecule has 168 valence electrons. The first kappa shape index (κ1) is 21.4. The average Bonchev–Trinajstić information content (AvgIpc) is 3.35. The highest BCUT2D eigenvalue weighted by atomic mass is 16.6. The Labute approximate surface area is 193 Å². The zero-order valence-corrected chi connectivity index (χ0v) is 18.7. The molecule has 0 amide bonds. The molecule has 1 fully saturated rings. The van der Waals surface area contributed by atoms with Crippen LogP contribution in [-0.2, 0) is 35.0 Å². The van der Waals surface area contributed by atoms with Gasteiger partial charge in [-0.1, -0.05) is 84.9 Å². The predicted molar refractivity (Wildman–Crippen MR) is 122 cm³/mol. The van der Waals surface area contributed by atoms with E-state index in [2.05, 4.69) is 0 Å². The molecule has 2 bridgehead atoms. The van der Waals surface area contributed by atoms with Gasteiger partial charge in [-0.15, -0.1) is 0 Å². The summed E-state index contributed by atoms with van der Waals surface area (Å²) in [4.78, 5) is 27.2. The minimum atomic E-state index is -1.18. The summed E-state index contributed by atoms with van der Waals surface area (Å²) in [5.74, 6) is -2.75. The molecule has 1 saturated heterocycles. The lowest BCUT2D eigenvalue weighted by atomic mass is 9.60. The maximum atomic E-state index is 13.6. The van der Waals surface area contributed by atoms with Gasteiger partial charge < -0.3 is 14.2 Å². The van der Waals surface area contributed by atoms with E-state index in [0.717, 1.165) is 22.3 Å². The third-order valence-corrected chi connectivity index (χ3v) is 6.74. The van der Waals surface area contributed by atoms with Crippen LogP contribution in [0.25, 0.3) is 0 Å². The first-order chi connectivity index (χ1) is 16.1. The van der Waals surface area contributed by atoms with Crippen LogP contribution >= 0.6 is 0 Å². The van der Waals surface area contributed by atoms with Crippen LogP contribution < -0.4 is 0 Å². The van der Waals surface area contributed by atoms with Crippen LogP contribution in [0.5, 0.6) is 0 Å². The number of esters is 2. The highest BCUT2D eigenvalue weighted by Crippen LogP contribution is 2.68. The summed E-state index contributed by atoms with van der Waals surface area (Å²) >= 11 is 0. The number of fused-ring (bicyclic) bond motifs is 5. The van der Waals surface area contributed by atoms with Crippen LogP contribution in [0.3, 0.4) is 0 Å². The molecule has 2 heterocycles. The minimum Gasteiger partial charge on any atom is -0.466 e. The van der Waals surface area contributed by atoms with Crippen molar-refractivity contribution < 1.29 is 23.8 Å². The van der Waals surface area contributed by atoms with E-state index in [1.54, 1.807) is 13.8 Å². The van der Waals surface area contributed by atoms with E-state index in [1.165, 1.54) is 0 Å². The van der Waals surface area contributed by atoms with Crippen LogP contribution in [0.4, 0.5) is 0 Å². The monoisotopic (exact) mass is 442 g/mol. The second kappa shape index (κ2) is 8.16. The largest absolute Gasteiger partial charge is 0.466 e. The molecule has 0 aromatic heterocycles. The number of hydrogen-bond acceptors (Lipinski definition) is 5. The van der Waals surface area contributed by atoms with Gasteiger partial charge in [0.05, 0.1) is 13.2 Å². The van der Waals surface area contributed by atoms with Crippen molar-refractivity contribution in [3.8, 4) is 0 Å². The molecule has 33 heavy (non-hydrogen) atoms. The van der Waals surface area contributed by atoms with Gasteiger partial charge in [0.25, 0.3) is 0 Å². The predicted octanol–water partition coefficient (Wildman–Crippen LogP) is 4.58. The second-order valence-corrected chi connectivity index (χ2v) is 8.31. The fraction of sp³-hybridized carbons (Fsp3) is 0.286. The highest BCUT2D eigenvalue weighted by molar-refractivity contribution is 5.89. The standard InChI is InChI=1S/C28H26O5/c1-3-31-25(29)23-24(26(30)32-4-2)28(20-15-9-6-10-16-20)22-18-12-11-17-21(22)27(23,33-28)19-13-7-5-8-14-19/h5-18,23-24H,3-4H2,1-2H3/t23-,24+,27-,28+. The first-order valence-corrected chi connectivity index (χ1v) is 11.4. The van der Waals surface area contributed by atoms with Crippen LogP contribution in [0, 0.1) is 11.8 Å². The lowest BCUT2D eigenvalue weighted by Crippen LogP contribution is -2.49. The minimum absolute atomic E-state index is 0.204. The van der Waals surface area contributed by atoms with Crippen molar-refractivity contribution in [3.05, 3.63) is 107 Å². The molecular weight excluding hydrogens is 416 g/mol. The topological polar surface area (TPSA) is 61.8 Å². The third kappa shape index (κ3) is 2.89. The maximum Gasteiger partial charge on any atom is 0.313 e. The van der Waals surface area contributed by atoms with Crippen molar-refractivity contribution in [2.45, 2.75) is 25.0 Å². The molecule has 0 saturated carbocycles. The van der Waals surface area contributed by atoms with Gasteiger partial charge >= 0.3 is 11.9 Å². The molecule has 4 atom stereocenters. The van der Waals surface area contributed by atoms with Crippen molar-refractivity contribution in [3.63, 3.8) is 0 Å². The van der Waals surface area contributed by atoms with Gasteiger partial charge in [0.15, 0.2) is 0 Å². The second-order valence-electron chi connectivity index (χ2n) is 8.31. The Kier molecular flexibility index (Phi) is 5.29. The van der Waals surface area contributed by atoms with Gasteiger partial charge in [-0.2, -0.15) is 0 Å². The highest BCUT2D eigenvalue weighted by Gasteiger charge is 2.75. The Morgan fingerprint density at radius 2 is 1.03 bits per heavy atom. The molecule has 3 aromatic rings. The fourth-order valence-corrected chi connectivity index (χ4v) is 5.65. The summed E-state index contributed by atoms with van der Waals surface area (Å²) in [6.45, 7) is 3.94. The first-order valence-electron chi connectivity index (χ1n) is 11.4. The maximum absolute atomic E-state index is 13.6. The lowest BCUT2D eigenvalue weighted by Gasteiger charge is -2.38. The van der Waals surface area contributed by atoms with Gasteiger partial charge in [0, 0.05) is 0 Å². The molecule has 5 heteroatoms. The summed E-state index contributed by atoms with van der Waals surface area (Å²) in [7, 11) is 0. The third-order valence-electron chi connectivity index (χ3n) is 6.74. The van der Waals surface area contributed by atoms with E-state index in [0.29, 0.717) is 0 Å². The Balaban J connectivity index is 1.88. The fourth-order valence-electron chi connectivity index (χ4n) is 5.65. The van der Waals surface area contributed by atoms with Gasteiger partial charge in [0.1, 0.15) is 23.0 Å². The normalized spacial score (nSPS) is 27.1. The SMILES string of the molecule is CCOC(=O)[C@@H]1[C@H](C(=O)OCC)[C@]2(c3ccccc3)O[C@@]1(c1ccccc1)c1ccccc12. The number of carbonyl (C=O) groups excluding carboxylic acids is 2. The van der Waals surface area contributed by atoms with Crippen molar-refractivity contribution >= 4 is 11.9 Å². The van der Waals surface area contributed by atoms with Crippen LogP contribution in [-0.4, -0.2) is 25.2 Å². The lowest BCUT2D eigenvalue weighted by molar-refractivity contribution is -0.162. The molecule has 5 rings (SSSR count). The molecule has 5 nitrogen and oxygen atoms in total. The zero-order chi connectivity index (χ0) is 23.1. The van der Waals surface area contributed by atoms with Crippen LogP contribution in [0.15, 0.2) is 84.9 Å². The Morgan fingerprint density at radius 1 is 0.667 bits per heavy atom. The molecule has 0 unspecified atom stereocenters. The van der Waals surface area contributed by atoms with Gasteiger partial charge in [-0.25, -0.2) is 0 Å².